The Balaban J connectivity index is 2.19. The molecule has 0 heterocycles. The van der Waals surface area contributed by atoms with Gasteiger partial charge in [-0.15, -0.1) is 0 Å². The van der Waals surface area contributed by atoms with Gasteiger partial charge >= 0.3 is 0 Å². The molecule has 0 aromatic heterocycles. The third kappa shape index (κ3) is 2.44. The second kappa shape index (κ2) is 5.05. The molecule has 0 radical (unpaired) electrons. The molecule has 94 valence electrons. The highest BCUT2D eigenvalue weighted by Crippen LogP contribution is 2.39. The van der Waals surface area contributed by atoms with Gasteiger partial charge in [0.2, 0.25) is 0 Å². The van der Waals surface area contributed by atoms with Gasteiger partial charge in [0.05, 0.1) is 5.54 Å². The summed E-state index contributed by atoms with van der Waals surface area (Å²) in [5.74, 6) is 0.393. The number of halogens is 1. The summed E-state index contributed by atoms with van der Waals surface area (Å²) in [6.07, 6.45) is 4.63. The first-order valence-corrected chi connectivity index (χ1v) is 6.44. The molecule has 0 saturated heterocycles. The van der Waals surface area contributed by atoms with Gasteiger partial charge in [0.15, 0.2) is 0 Å². The van der Waals surface area contributed by atoms with Crippen molar-refractivity contribution in [2.24, 2.45) is 11.7 Å². The topological polar surface area (TPSA) is 38.0 Å². The lowest BCUT2D eigenvalue weighted by atomic mass is 9.85. The molecule has 3 N–H and O–H groups in total. The third-order valence-electron chi connectivity index (χ3n) is 4.03. The van der Waals surface area contributed by atoms with Crippen LogP contribution in [0.25, 0.3) is 0 Å². The Labute approximate surface area is 102 Å². The lowest BCUT2D eigenvalue weighted by Gasteiger charge is -2.36. The fourth-order valence-electron chi connectivity index (χ4n) is 3.08. The maximum Gasteiger partial charge on any atom is 0.125 e. The lowest BCUT2D eigenvalue weighted by molar-refractivity contribution is 0.346. The van der Waals surface area contributed by atoms with Gasteiger partial charge in [-0.2, -0.15) is 0 Å². The molecule has 1 aliphatic carbocycles. The zero-order valence-electron chi connectivity index (χ0n) is 10.4. The first-order chi connectivity index (χ1) is 8.20. The average molecular weight is 236 g/mol. The molecular weight excluding hydrogens is 215 g/mol. The molecule has 0 aliphatic heterocycles. The van der Waals surface area contributed by atoms with Crippen LogP contribution in [0.1, 0.15) is 32.6 Å². The SMILES string of the molecule is CCC1CCCC1(CN)Nc1cccc(F)c1. The van der Waals surface area contributed by atoms with Gasteiger partial charge in [0.25, 0.3) is 0 Å². The molecule has 1 aromatic carbocycles. The summed E-state index contributed by atoms with van der Waals surface area (Å²) in [5, 5.41) is 3.48. The van der Waals surface area contributed by atoms with Crippen molar-refractivity contribution in [1.82, 2.24) is 0 Å². The summed E-state index contributed by atoms with van der Waals surface area (Å²) in [7, 11) is 0. The van der Waals surface area contributed by atoms with Gasteiger partial charge in [0.1, 0.15) is 5.82 Å². The fraction of sp³-hybridized carbons (Fsp3) is 0.571. The molecule has 2 rings (SSSR count). The summed E-state index contributed by atoms with van der Waals surface area (Å²) >= 11 is 0. The van der Waals surface area contributed by atoms with Gasteiger partial charge in [-0.3, -0.25) is 0 Å². The van der Waals surface area contributed by atoms with Crippen LogP contribution in [-0.2, 0) is 0 Å². The van der Waals surface area contributed by atoms with E-state index in [1.165, 1.54) is 18.9 Å². The van der Waals surface area contributed by atoms with Crippen LogP contribution in [0.2, 0.25) is 0 Å². The van der Waals surface area contributed by atoms with Crippen LogP contribution in [-0.4, -0.2) is 12.1 Å². The number of hydrogen-bond acceptors (Lipinski definition) is 2. The van der Waals surface area contributed by atoms with Crippen molar-refractivity contribution >= 4 is 5.69 Å². The van der Waals surface area contributed by atoms with Crippen molar-refractivity contribution in [3.05, 3.63) is 30.1 Å². The first-order valence-electron chi connectivity index (χ1n) is 6.44. The van der Waals surface area contributed by atoms with Crippen molar-refractivity contribution in [3.63, 3.8) is 0 Å². The van der Waals surface area contributed by atoms with Crippen LogP contribution in [0.5, 0.6) is 0 Å². The van der Waals surface area contributed by atoms with Crippen LogP contribution >= 0.6 is 0 Å². The molecular formula is C14H21FN2. The highest BCUT2D eigenvalue weighted by atomic mass is 19.1. The predicted molar refractivity (Wildman–Crippen MR) is 69.4 cm³/mol. The molecule has 2 unspecified atom stereocenters. The van der Waals surface area contributed by atoms with E-state index in [-0.39, 0.29) is 11.4 Å². The number of hydrogen-bond donors (Lipinski definition) is 2. The quantitative estimate of drug-likeness (QED) is 0.842. The van der Waals surface area contributed by atoms with Crippen molar-refractivity contribution in [1.29, 1.82) is 0 Å². The molecule has 0 bridgehead atoms. The maximum atomic E-state index is 13.2. The van der Waals surface area contributed by atoms with Gasteiger partial charge in [0, 0.05) is 12.2 Å². The Kier molecular flexibility index (Phi) is 3.67. The van der Waals surface area contributed by atoms with Gasteiger partial charge in [-0.05, 0) is 37.0 Å². The average Bonchev–Trinajstić information content (AvgIpc) is 2.72. The number of benzene rings is 1. The molecule has 2 atom stereocenters. The molecule has 1 fully saturated rings. The number of anilines is 1. The fourth-order valence-corrected chi connectivity index (χ4v) is 3.08. The van der Waals surface area contributed by atoms with E-state index >= 15 is 0 Å². The minimum absolute atomic E-state index is 0.0391. The number of rotatable bonds is 4. The zero-order valence-corrected chi connectivity index (χ0v) is 10.4. The number of nitrogens with two attached hydrogens (primary N) is 1. The Morgan fingerprint density at radius 1 is 1.53 bits per heavy atom. The first kappa shape index (κ1) is 12.4. The van der Waals surface area contributed by atoms with Crippen LogP contribution in [0.15, 0.2) is 24.3 Å². The predicted octanol–water partition coefficient (Wildman–Crippen LogP) is 3.15. The summed E-state index contributed by atoms with van der Waals surface area (Å²) in [6.45, 7) is 2.82. The summed E-state index contributed by atoms with van der Waals surface area (Å²) < 4.78 is 13.2. The number of nitrogens with one attached hydrogen (secondary N) is 1. The molecule has 17 heavy (non-hydrogen) atoms. The van der Waals surface area contributed by atoms with E-state index in [0.29, 0.717) is 12.5 Å². The van der Waals surface area contributed by atoms with Crippen molar-refractivity contribution < 1.29 is 4.39 Å². The van der Waals surface area contributed by atoms with Gasteiger partial charge in [-0.1, -0.05) is 25.8 Å². The van der Waals surface area contributed by atoms with Crippen LogP contribution in [0, 0.1) is 11.7 Å². The van der Waals surface area contributed by atoms with Crippen molar-refractivity contribution in [2.45, 2.75) is 38.1 Å². The van der Waals surface area contributed by atoms with E-state index in [1.807, 2.05) is 6.07 Å². The summed E-state index contributed by atoms with van der Waals surface area (Å²) in [5.41, 5.74) is 6.77. The second-order valence-electron chi connectivity index (χ2n) is 4.99. The van der Waals surface area contributed by atoms with Crippen LogP contribution < -0.4 is 11.1 Å². The minimum Gasteiger partial charge on any atom is -0.378 e. The Bertz CT molecular complexity index is 380. The Morgan fingerprint density at radius 3 is 3.00 bits per heavy atom. The largest absolute Gasteiger partial charge is 0.378 e. The van der Waals surface area contributed by atoms with E-state index in [9.17, 15) is 4.39 Å². The van der Waals surface area contributed by atoms with Crippen LogP contribution in [0.3, 0.4) is 0 Å². The third-order valence-corrected chi connectivity index (χ3v) is 4.03. The van der Waals surface area contributed by atoms with E-state index in [1.54, 1.807) is 12.1 Å². The summed E-state index contributed by atoms with van der Waals surface area (Å²) in [6, 6.07) is 6.65. The molecule has 1 aromatic rings. The van der Waals surface area contributed by atoms with Crippen molar-refractivity contribution in [3.8, 4) is 0 Å². The highest BCUT2D eigenvalue weighted by Gasteiger charge is 2.40. The summed E-state index contributed by atoms with van der Waals surface area (Å²) in [4.78, 5) is 0. The molecule has 3 heteroatoms. The molecule has 0 amide bonds. The Hall–Kier alpha value is -1.09. The van der Waals surface area contributed by atoms with E-state index in [0.717, 1.165) is 18.5 Å². The van der Waals surface area contributed by atoms with E-state index < -0.39 is 0 Å². The molecule has 1 aliphatic rings. The normalized spacial score (nSPS) is 28.3. The molecule has 2 nitrogen and oxygen atoms in total. The molecule has 0 spiro atoms. The lowest BCUT2D eigenvalue weighted by Crippen LogP contribution is -2.48. The van der Waals surface area contributed by atoms with E-state index in [4.69, 9.17) is 5.73 Å². The minimum atomic E-state index is -0.201. The Morgan fingerprint density at radius 2 is 2.35 bits per heavy atom. The zero-order chi connectivity index (χ0) is 12.3. The monoisotopic (exact) mass is 236 g/mol. The van der Waals surface area contributed by atoms with Gasteiger partial charge in [-0.25, -0.2) is 4.39 Å². The standard InChI is InChI=1S/C14H21FN2/c1-2-11-5-4-8-14(11,10-16)17-13-7-3-6-12(15)9-13/h3,6-7,9,11,17H,2,4-5,8,10,16H2,1H3. The second-order valence-corrected chi connectivity index (χ2v) is 4.99. The van der Waals surface area contributed by atoms with Crippen molar-refractivity contribution in [2.75, 3.05) is 11.9 Å². The van der Waals surface area contributed by atoms with Crippen LogP contribution in [0.4, 0.5) is 10.1 Å². The maximum absolute atomic E-state index is 13.2. The molecule has 1 saturated carbocycles. The van der Waals surface area contributed by atoms with E-state index in [2.05, 4.69) is 12.2 Å². The smallest absolute Gasteiger partial charge is 0.125 e. The van der Waals surface area contributed by atoms with Gasteiger partial charge < -0.3 is 11.1 Å². The highest BCUT2D eigenvalue weighted by molar-refractivity contribution is 5.46.